The molecule has 1 heterocycles. The molecule has 3 rings (SSSR count). The SMILES string of the molecule is Oc1c2cccc1OCCCCCOc1cccc(c1O)C=NCCN=C2. The van der Waals surface area contributed by atoms with Crippen LogP contribution in [0.25, 0.3) is 0 Å². The van der Waals surface area contributed by atoms with E-state index in [-0.39, 0.29) is 11.5 Å². The van der Waals surface area contributed by atoms with Crippen LogP contribution in [-0.4, -0.2) is 48.9 Å². The molecule has 0 saturated heterocycles. The van der Waals surface area contributed by atoms with Crippen LogP contribution in [0.2, 0.25) is 0 Å². The van der Waals surface area contributed by atoms with Crippen molar-refractivity contribution in [2.24, 2.45) is 9.98 Å². The maximum Gasteiger partial charge on any atom is 0.166 e. The molecule has 27 heavy (non-hydrogen) atoms. The van der Waals surface area contributed by atoms with Crippen LogP contribution in [0.1, 0.15) is 30.4 Å². The molecule has 6 heteroatoms. The molecule has 0 atom stereocenters. The minimum absolute atomic E-state index is 0.104. The third kappa shape index (κ3) is 5.23. The van der Waals surface area contributed by atoms with Gasteiger partial charge in [-0.15, -0.1) is 0 Å². The van der Waals surface area contributed by atoms with Crippen molar-refractivity contribution in [2.75, 3.05) is 26.3 Å². The van der Waals surface area contributed by atoms with Gasteiger partial charge in [0.25, 0.3) is 0 Å². The van der Waals surface area contributed by atoms with Gasteiger partial charge in [0.05, 0.1) is 26.3 Å². The van der Waals surface area contributed by atoms with Crippen LogP contribution in [0.5, 0.6) is 23.0 Å². The van der Waals surface area contributed by atoms with Gasteiger partial charge in [0, 0.05) is 23.6 Å². The fourth-order valence-corrected chi connectivity index (χ4v) is 2.71. The zero-order valence-corrected chi connectivity index (χ0v) is 15.2. The Kier molecular flexibility index (Phi) is 6.68. The zero-order valence-electron chi connectivity index (χ0n) is 15.2. The van der Waals surface area contributed by atoms with E-state index in [1.807, 2.05) is 12.1 Å². The maximum atomic E-state index is 10.3. The number of rotatable bonds is 0. The number of phenolic OH excluding ortho intramolecular Hbond substituents is 2. The molecule has 0 unspecified atom stereocenters. The monoisotopic (exact) mass is 368 g/mol. The molecule has 2 aromatic carbocycles. The molecule has 4 bridgehead atoms. The standard InChI is InChI=1S/C21H24N2O4/c24-20-16-6-4-8-18(20)26-12-2-1-3-13-27-19-9-5-7-17(21(19)25)15-23-11-10-22-14-16/h4-9,14-15,24-25H,1-3,10-13H2. The normalized spacial score (nSPS) is 15.7. The molecule has 0 aromatic heterocycles. The summed E-state index contributed by atoms with van der Waals surface area (Å²) in [5.41, 5.74) is 1.24. The number of hydrogen-bond donors (Lipinski definition) is 2. The molecule has 1 aliphatic heterocycles. The Morgan fingerprint density at radius 2 is 1.15 bits per heavy atom. The van der Waals surface area contributed by atoms with Crippen LogP contribution < -0.4 is 9.47 Å². The summed E-state index contributed by atoms with van der Waals surface area (Å²) in [4.78, 5) is 8.59. The largest absolute Gasteiger partial charge is 0.504 e. The topological polar surface area (TPSA) is 83.6 Å². The Morgan fingerprint density at radius 3 is 1.63 bits per heavy atom. The molecule has 0 amide bonds. The van der Waals surface area contributed by atoms with Crippen LogP contribution in [0.15, 0.2) is 46.4 Å². The lowest BCUT2D eigenvalue weighted by molar-refractivity contribution is 0.266. The van der Waals surface area contributed by atoms with E-state index in [9.17, 15) is 10.2 Å². The Labute approximate surface area is 158 Å². The summed E-state index contributed by atoms with van der Waals surface area (Å²) in [6.45, 7) is 1.97. The molecule has 0 fully saturated rings. The van der Waals surface area contributed by atoms with Crippen LogP contribution in [-0.2, 0) is 0 Å². The summed E-state index contributed by atoms with van der Waals surface area (Å²) in [5.74, 6) is 1.14. The molecule has 142 valence electrons. The number of benzene rings is 2. The van der Waals surface area contributed by atoms with Crippen LogP contribution in [0, 0.1) is 0 Å². The third-order valence-corrected chi connectivity index (χ3v) is 4.18. The summed E-state index contributed by atoms with van der Waals surface area (Å²) >= 11 is 0. The van der Waals surface area contributed by atoms with E-state index in [1.165, 1.54) is 0 Å². The summed E-state index contributed by atoms with van der Waals surface area (Å²) in [6.07, 6.45) is 5.86. The predicted molar refractivity (Wildman–Crippen MR) is 106 cm³/mol. The van der Waals surface area contributed by atoms with Crippen LogP contribution in [0.3, 0.4) is 0 Å². The van der Waals surface area contributed by atoms with E-state index in [0.717, 1.165) is 19.3 Å². The number of ether oxygens (including phenoxy) is 2. The van der Waals surface area contributed by atoms with Crippen molar-refractivity contribution in [3.63, 3.8) is 0 Å². The molecule has 0 saturated carbocycles. The van der Waals surface area contributed by atoms with E-state index >= 15 is 0 Å². The van der Waals surface area contributed by atoms with Crippen molar-refractivity contribution in [3.05, 3.63) is 47.5 Å². The van der Waals surface area contributed by atoms with Crippen molar-refractivity contribution < 1.29 is 19.7 Å². The highest BCUT2D eigenvalue weighted by Gasteiger charge is 2.08. The van der Waals surface area contributed by atoms with Gasteiger partial charge in [0.15, 0.2) is 23.0 Å². The molecule has 6 nitrogen and oxygen atoms in total. The van der Waals surface area contributed by atoms with E-state index in [0.29, 0.717) is 48.9 Å². The lowest BCUT2D eigenvalue weighted by atomic mass is 10.2. The number of aliphatic imine (C=N–C) groups is 2. The molecule has 2 aromatic rings. The average Bonchev–Trinajstić information content (AvgIpc) is 2.67. The lowest BCUT2D eigenvalue weighted by Gasteiger charge is -2.11. The van der Waals surface area contributed by atoms with E-state index in [4.69, 9.17) is 9.47 Å². The van der Waals surface area contributed by atoms with E-state index in [1.54, 1.807) is 36.7 Å². The second-order valence-electron chi connectivity index (χ2n) is 6.22. The van der Waals surface area contributed by atoms with Crippen molar-refractivity contribution in [3.8, 4) is 23.0 Å². The Balaban J connectivity index is 1.74. The summed E-state index contributed by atoms with van der Waals surface area (Å²) in [7, 11) is 0. The number of aromatic hydroxyl groups is 2. The van der Waals surface area contributed by atoms with Gasteiger partial charge in [-0.3, -0.25) is 9.98 Å². The number of fused-ring (bicyclic) bond motifs is 4. The predicted octanol–water partition coefficient (Wildman–Crippen LogP) is 3.58. The highest BCUT2D eigenvalue weighted by Crippen LogP contribution is 2.30. The first-order valence-corrected chi connectivity index (χ1v) is 9.15. The van der Waals surface area contributed by atoms with Gasteiger partial charge in [-0.2, -0.15) is 0 Å². The molecule has 0 spiro atoms. The van der Waals surface area contributed by atoms with Crippen molar-refractivity contribution >= 4 is 12.4 Å². The second kappa shape index (κ2) is 9.62. The fourth-order valence-electron chi connectivity index (χ4n) is 2.71. The minimum atomic E-state index is 0.104. The Morgan fingerprint density at radius 1 is 0.667 bits per heavy atom. The van der Waals surface area contributed by atoms with Gasteiger partial charge in [-0.05, 0) is 43.5 Å². The van der Waals surface area contributed by atoms with Crippen molar-refractivity contribution in [2.45, 2.75) is 19.3 Å². The molecule has 0 aliphatic carbocycles. The molecule has 1 aliphatic rings. The van der Waals surface area contributed by atoms with E-state index < -0.39 is 0 Å². The molecule has 2 N–H and O–H groups in total. The second-order valence-corrected chi connectivity index (χ2v) is 6.22. The van der Waals surface area contributed by atoms with Gasteiger partial charge in [0.1, 0.15) is 0 Å². The van der Waals surface area contributed by atoms with E-state index in [2.05, 4.69) is 9.98 Å². The maximum absolute atomic E-state index is 10.3. The Bertz CT molecular complexity index is 750. The van der Waals surface area contributed by atoms with Crippen molar-refractivity contribution in [1.29, 1.82) is 0 Å². The van der Waals surface area contributed by atoms with Gasteiger partial charge in [-0.25, -0.2) is 0 Å². The van der Waals surface area contributed by atoms with Crippen LogP contribution in [0.4, 0.5) is 0 Å². The van der Waals surface area contributed by atoms with Gasteiger partial charge in [0.2, 0.25) is 0 Å². The van der Waals surface area contributed by atoms with Gasteiger partial charge in [-0.1, -0.05) is 12.1 Å². The summed E-state index contributed by atoms with van der Waals surface area (Å²) < 4.78 is 11.4. The molecular weight excluding hydrogens is 344 g/mol. The number of nitrogens with zero attached hydrogens (tertiary/aromatic N) is 2. The molecule has 0 radical (unpaired) electrons. The lowest BCUT2D eigenvalue weighted by Crippen LogP contribution is -2.02. The van der Waals surface area contributed by atoms with Crippen LogP contribution >= 0.6 is 0 Å². The first-order valence-electron chi connectivity index (χ1n) is 9.15. The van der Waals surface area contributed by atoms with Gasteiger partial charge >= 0.3 is 0 Å². The van der Waals surface area contributed by atoms with Crippen molar-refractivity contribution in [1.82, 2.24) is 0 Å². The number of hydrogen-bond acceptors (Lipinski definition) is 6. The zero-order chi connectivity index (χ0) is 18.9. The van der Waals surface area contributed by atoms with Gasteiger partial charge < -0.3 is 19.7 Å². The third-order valence-electron chi connectivity index (χ3n) is 4.18. The Hall–Kier alpha value is -3.02. The minimum Gasteiger partial charge on any atom is -0.504 e. The number of para-hydroxylation sites is 2. The highest BCUT2D eigenvalue weighted by molar-refractivity contribution is 5.85. The summed E-state index contributed by atoms with van der Waals surface area (Å²) in [5, 5.41) is 20.6. The first kappa shape index (κ1) is 18.8. The summed E-state index contributed by atoms with van der Waals surface area (Å²) in [6, 6.07) is 10.7. The first-order chi connectivity index (χ1) is 13.3. The number of phenols is 2. The quantitative estimate of drug-likeness (QED) is 0.744. The average molecular weight is 368 g/mol. The smallest absolute Gasteiger partial charge is 0.166 e. The molecular formula is C21H24N2O4. The highest BCUT2D eigenvalue weighted by atomic mass is 16.5. The fraction of sp³-hybridized carbons (Fsp3) is 0.333.